The van der Waals surface area contributed by atoms with Crippen LogP contribution in [0.3, 0.4) is 0 Å². The van der Waals surface area contributed by atoms with Crippen LogP contribution in [0.15, 0.2) is 24.4 Å². The van der Waals surface area contributed by atoms with Crippen LogP contribution in [0.2, 0.25) is 2.82 Å². The van der Waals surface area contributed by atoms with Crippen molar-refractivity contribution >= 4 is 17.0 Å². The molecule has 112 valence electrons. The van der Waals surface area contributed by atoms with Gasteiger partial charge in [0, 0.05) is 40.0 Å². The van der Waals surface area contributed by atoms with Crippen molar-refractivity contribution in [1.29, 1.82) is 0 Å². The molecule has 0 aliphatic carbocycles. The molecule has 5 nitrogen and oxygen atoms in total. The Kier molecular flexibility index (Phi) is 1.23. The molecular weight excluding hydrogens is 266 g/mol. The number of nitrogens with one attached hydrogen (secondary N) is 2. The molecule has 1 amide bonds. The predicted molar refractivity (Wildman–Crippen MR) is 82.5 cm³/mol. The van der Waals surface area contributed by atoms with Crippen molar-refractivity contribution in [2.75, 3.05) is 27.1 Å². The van der Waals surface area contributed by atoms with Gasteiger partial charge in [-0.3, -0.25) is 0 Å². The molecule has 0 unspecified atom stereocenters. The van der Waals surface area contributed by atoms with E-state index in [-0.39, 0.29) is 10.8 Å². The van der Waals surface area contributed by atoms with Gasteiger partial charge in [-0.1, -0.05) is 6.07 Å². The molecule has 1 aliphatic heterocycles. The maximum absolute atomic E-state index is 11.6. The monoisotopic (exact) mass is 303 g/mol. The van der Waals surface area contributed by atoms with E-state index in [4.69, 9.17) is 22.0 Å². The summed E-state index contributed by atoms with van der Waals surface area (Å²) >= 11 is 0. The van der Waals surface area contributed by atoms with Gasteiger partial charge in [0.05, 0.1) is 8.76 Å². The highest BCUT2D eigenvalue weighted by Crippen LogP contribution is 2.21. The van der Waals surface area contributed by atoms with E-state index in [0.29, 0.717) is 4.98 Å². The van der Waals surface area contributed by atoms with Crippen LogP contribution in [0.4, 0.5) is 4.79 Å². The highest BCUT2D eigenvalue weighted by atomic mass is 16.6. The van der Waals surface area contributed by atoms with Crippen LogP contribution in [-0.4, -0.2) is 49.0 Å². The van der Waals surface area contributed by atoms with Crippen LogP contribution in [0, 0.1) is 0 Å². The molecule has 0 bridgehead atoms. The number of carbonyl (C=O) groups is 1. The number of nitrogens with zero attached hydrogens (tertiary/aromatic N) is 1. The summed E-state index contributed by atoms with van der Waals surface area (Å²) < 4.78 is 132. The largest absolute Gasteiger partial charge is 0.447 e. The quantitative estimate of drug-likeness (QED) is 0.887. The Morgan fingerprint density at radius 1 is 1.67 bits per heavy atom. The van der Waals surface area contributed by atoms with E-state index in [1.807, 2.05) is 0 Å². The van der Waals surface area contributed by atoms with Crippen molar-refractivity contribution in [2.45, 2.75) is 18.8 Å². The second kappa shape index (κ2) is 5.77. The Labute approximate surface area is 146 Å². The number of benzene rings is 1. The van der Waals surface area contributed by atoms with Gasteiger partial charge in [-0.15, -0.1) is 0 Å². The number of carbonyl (C=O) groups excluding carboxylic acids is 1. The number of alkyl carbamates (subject to hydrolysis) is 1. The molecule has 1 fully saturated rings. The maximum atomic E-state index is 11.6. The first-order valence-electron chi connectivity index (χ1n) is 13.7. The summed E-state index contributed by atoms with van der Waals surface area (Å²) in [6.07, 6.45) is -8.69. The number of H-pyrrole nitrogens is 1. The van der Waals surface area contributed by atoms with Crippen LogP contribution in [-0.2, 0) is 17.5 Å². The minimum Gasteiger partial charge on any atom is -0.447 e. The zero-order chi connectivity index (χ0) is 28.7. The normalized spacial score (nSPS) is 36.6. The molecule has 3 rings (SSSR count). The molecule has 0 radical (unpaired) electrons. The Hall–Kier alpha value is -2.01. The summed E-state index contributed by atoms with van der Waals surface area (Å²) in [6.45, 7) is -12.0. The summed E-state index contributed by atoms with van der Waals surface area (Å²) in [6, 6.07) is 0.399. The summed E-state index contributed by atoms with van der Waals surface area (Å²) in [5.74, 6) is 0. The number of fused-ring (bicyclic) bond motifs is 1. The molecule has 0 saturated carbocycles. The average Bonchev–Trinajstić information content (AvgIpc) is 3.13. The van der Waals surface area contributed by atoms with E-state index in [2.05, 4.69) is 4.74 Å². The second-order valence-electron chi connectivity index (χ2n) is 4.14. The van der Waals surface area contributed by atoms with Gasteiger partial charge in [-0.25, -0.2) is 4.79 Å². The zero-order valence-corrected chi connectivity index (χ0v) is 10.6. The molecule has 2 heterocycles. The van der Waals surface area contributed by atoms with E-state index in [1.54, 1.807) is 0 Å². The molecule has 1 atom stereocenters. The van der Waals surface area contributed by atoms with E-state index in [1.165, 1.54) is 0 Å². The first-order chi connectivity index (χ1) is 16.4. The minimum absolute atomic E-state index is 0.0217. The van der Waals surface area contributed by atoms with Crippen molar-refractivity contribution < 1.29 is 31.5 Å². The third kappa shape index (κ3) is 3.19. The fraction of sp³-hybridized carbons (Fsp3) is 0.438. The first-order valence-corrected chi connectivity index (χ1v) is 5.85. The molecule has 2 N–H and O–H groups in total. The zero-order valence-electron chi connectivity index (χ0n) is 26.6. The standard InChI is InChI=1S/C16H21N3O2/c1-19(2)6-5-12-9-17-15-4-3-11(8-14(12)15)7-13-10-21-16(20)18-13/h3-4,8-9,13,17H,5-7,10H2,1-2H3,(H,18,20)/t13-/m0/s1/i1D3,2D3,5D2,6D2,7D2,9D,13D/hD2. The Morgan fingerprint density at radius 2 is 2.57 bits per heavy atom. The minimum atomic E-state index is -3.82. The Bertz CT molecular complexity index is 1220. The molecule has 2 aromatic rings. The number of hydrogen-bond donors (Lipinski definition) is 2. The van der Waals surface area contributed by atoms with Crippen molar-refractivity contribution in [3.8, 4) is 0 Å². The van der Waals surface area contributed by atoms with Gasteiger partial charge >= 0.3 is 6.09 Å². The molecule has 5 heteroatoms. The summed E-state index contributed by atoms with van der Waals surface area (Å²) in [7, 11) is 0. The van der Waals surface area contributed by atoms with Gasteiger partial charge in [0.2, 0.25) is 0 Å². The number of cyclic esters (lactones) is 1. The van der Waals surface area contributed by atoms with Gasteiger partial charge in [0.1, 0.15) is 6.61 Å². The SMILES string of the molecule is [2H]c1c(C([2H])([2H])C([2H])([2H])N(C([2H])([2H])[2H])C([2H])([2H])[2H])c2cc(C([2H])([2H])[C@@]3([2H])COC(=O)N3[2H])ccc2n1[2H]. The average molecular weight is 303 g/mol. The second-order valence-corrected chi connectivity index (χ2v) is 4.14. The number of aryl methyl sites for hydroxylation is 1. The summed E-state index contributed by atoms with van der Waals surface area (Å²) in [4.78, 5) is 11.4. The maximum Gasteiger partial charge on any atom is 0.407 e. The van der Waals surface area contributed by atoms with E-state index in [9.17, 15) is 4.79 Å². The van der Waals surface area contributed by atoms with E-state index in [0.717, 1.165) is 18.2 Å². The fourth-order valence-corrected chi connectivity index (χ4v) is 1.83. The lowest BCUT2D eigenvalue weighted by atomic mass is 10.0. The van der Waals surface area contributed by atoms with Crippen LogP contribution < -0.4 is 5.31 Å². The summed E-state index contributed by atoms with van der Waals surface area (Å²) in [5.41, 5.74) is -1.62. The van der Waals surface area contributed by atoms with Gasteiger partial charge in [0.25, 0.3) is 0 Å². The van der Waals surface area contributed by atoms with Crippen molar-refractivity contribution in [1.82, 2.24) is 15.2 Å². The number of rotatable bonds is 5. The molecule has 1 aliphatic rings. The Morgan fingerprint density at radius 3 is 3.33 bits per heavy atom. The highest BCUT2D eigenvalue weighted by molar-refractivity contribution is 5.84. The predicted octanol–water partition coefficient (Wildman–Crippen LogP) is 1.92. The number of aromatic amines is 1. The molecule has 0 spiro atoms. The molecule has 1 aromatic heterocycles. The van der Waals surface area contributed by atoms with Crippen LogP contribution in [0.1, 0.15) is 30.3 Å². The smallest absolute Gasteiger partial charge is 0.407 e. The van der Waals surface area contributed by atoms with Crippen molar-refractivity contribution in [2.24, 2.45) is 0 Å². The topological polar surface area (TPSA) is 57.4 Å². The third-order valence-electron chi connectivity index (χ3n) is 2.69. The van der Waals surface area contributed by atoms with Gasteiger partial charge < -0.3 is 19.9 Å². The molecule has 21 heavy (non-hydrogen) atoms. The number of likely N-dealkylation sites (N-methyl/N-ethyl adjacent to an activating group) is 1. The van der Waals surface area contributed by atoms with Gasteiger partial charge in [0.15, 0.2) is 2.82 Å². The molecule has 1 aromatic carbocycles. The lowest BCUT2D eigenvalue weighted by Gasteiger charge is -2.09. The third-order valence-corrected chi connectivity index (χ3v) is 2.69. The number of amides is 1. The first kappa shape index (κ1) is 4.49. The lowest BCUT2D eigenvalue weighted by molar-refractivity contribution is 0.177. The van der Waals surface area contributed by atoms with Gasteiger partial charge in [-0.2, -0.15) is 0 Å². The number of ether oxygens (including phenoxy) is 1. The lowest BCUT2D eigenvalue weighted by Crippen LogP contribution is -2.28. The molecule has 1 saturated heterocycles. The van der Waals surface area contributed by atoms with Crippen LogP contribution >= 0.6 is 0 Å². The van der Waals surface area contributed by atoms with Crippen LogP contribution in [0.5, 0.6) is 0 Å². The molecular formula is C16H21N3O2. The fourth-order valence-electron chi connectivity index (χ4n) is 1.83. The highest BCUT2D eigenvalue weighted by Gasteiger charge is 2.22. The Balaban J connectivity index is 2.29. The van der Waals surface area contributed by atoms with Gasteiger partial charge in [-0.05, 0) is 50.0 Å². The number of hydrogen-bond acceptors (Lipinski definition) is 3. The van der Waals surface area contributed by atoms with E-state index < -0.39 is 79.5 Å². The number of aromatic nitrogens is 1. The summed E-state index contributed by atoms with van der Waals surface area (Å²) in [5, 5.41) is -0.469. The van der Waals surface area contributed by atoms with Crippen molar-refractivity contribution in [3.63, 3.8) is 0 Å². The van der Waals surface area contributed by atoms with Crippen molar-refractivity contribution in [3.05, 3.63) is 35.5 Å². The van der Waals surface area contributed by atoms with E-state index >= 15 is 0 Å². The van der Waals surface area contributed by atoms with Crippen LogP contribution in [0.25, 0.3) is 10.9 Å².